The van der Waals surface area contributed by atoms with Gasteiger partial charge in [0.25, 0.3) is 0 Å². The summed E-state index contributed by atoms with van der Waals surface area (Å²) in [5.74, 6) is -0.446. The first kappa shape index (κ1) is 12.9. The van der Waals surface area contributed by atoms with E-state index in [0.29, 0.717) is 5.92 Å². The zero-order valence-electron chi connectivity index (χ0n) is 10.7. The summed E-state index contributed by atoms with van der Waals surface area (Å²) in [6, 6.07) is 13.5. The number of benzene rings is 1. The maximum atomic E-state index is 12.5. The molecule has 3 nitrogen and oxygen atoms in total. The molecule has 2 aliphatic carbocycles. The Kier molecular flexibility index (Phi) is 3.07. The maximum absolute atomic E-state index is 12.5. The minimum absolute atomic E-state index is 0.119. The lowest BCUT2D eigenvalue weighted by Crippen LogP contribution is -2.15. The van der Waals surface area contributed by atoms with Crippen molar-refractivity contribution in [3.63, 3.8) is 0 Å². The van der Waals surface area contributed by atoms with Gasteiger partial charge in [0, 0.05) is 11.8 Å². The molecule has 5 radical (unpaired) electrons. The Morgan fingerprint density at radius 3 is 2.20 bits per heavy atom. The first-order chi connectivity index (χ1) is 9.74. The quantitative estimate of drug-likeness (QED) is 0.837. The average molecular weight is 259 g/mol. The molecule has 0 N–H and O–H groups in total. The first-order valence-corrected chi connectivity index (χ1v) is 6.38. The van der Waals surface area contributed by atoms with Gasteiger partial charge in [-0.3, -0.25) is 4.79 Å². The van der Waals surface area contributed by atoms with Gasteiger partial charge in [0.15, 0.2) is 5.41 Å². The topological polar surface area (TPSA) is 64.7 Å². The molecule has 2 saturated carbocycles. The molecule has 2 atom stereocenters. The molecule has 0 heterocycles. The third-order valence-electron chi connectivity index (χ3n) is 3.96. The number of carbonyl (C=O) groups excluding carboxylic acids is 1. The number of Topliss-reactive ketones (excluding diaryl/α,β-unsaturated/α-hetero) is 1. The molecule has 2 fully saturated rings. The van der Waals surface area contributed by atoms with Crippen molar-refractivity contribution < 1.29 is 4.79 Å². The van der Waals surface area contributed by atoms with Crippen molar-refractivity contribution in [1.82, 2.24) is 0 Å². The lowest BCUT2D eigenvalue weighted by molar-refractivity contribution is -0.118. The van der Waals surface area contributed by atoms with Gasteiger partial charge in [-0.25, -0.2) is 0 Å². The molecule has 0 bridgehead atoms. The summed E-state index contributed by atoms with van der Waals surface area (Å²) in [6.07, 6.45) is 7.02. The van der Waals surface area contributed by atoms with Crippen molar-refractivity contribution in [1.29, 1.82) is 10.5 Å². The summed E-state index contributed by atoms with van der Waals surface area (Å²) in [7, 11) is 0. The van der Waals surface area contributed by atoms with Crippen LogP contribution in [0.4, 0.5) is 0 Å². The van der Waals surface area contributed by atoms with Crippen molar-refractivity contribution in [3.8, 4) is 12.1 Å². The second kappa shape index (κ2) is 4.76. The Morgan fingerprint density at radius 1 is 1.05 bits per heavy atom. The average Bonchev–Trinajstić information content (AvgIpc) is 2.86. The van der Waals surface area contributed by atoms with Crippen molar-refractivity contribution in [3.05, 3.63) is 67.5 Å². The Balaban J connectivity index is 1.92. The molecular formula is C17H11N2O. The van der Waals surface area contributed by atoms with Crippen LogP contribution in [0.2, 0.25) is 0 Å². The number of ketones is 1. The normalized spacial score (nSPS) is 27.5. The molecule has 0 saturated heterocycles. The Morgan fingerprint density at radius 2 is 1.65 bits per heavy atom. The monoisotopic (exact) mass is 259 g/mol. The van der Waals surface area contributed by atoms with E-state index >= 15 is 0 Å². The van der Waals surface area contributed by atoms with E-state index in [4.69, 9.17) is 0 Å². The fraction of sp³-hybridized carbons (Fsp3) is 0.176. The third-order valence-corrected chi connectivity index (χ3v) is 3.96. The molecule has 1 aromatic carbocycles. The molecule has 1 aromatic rings. The van der Waals surface area contributed by atoms with E-state index in [9.17, 15) is 15.3 Å². The van der Waals surface area contributed by atoms with Crippen LogP contribution >= 0.6 is 0 Å². The SMILES string of the molecule is N#CC1(C#N)[C@H](C(=O)[C]2[CH][CH][CH][CH]2)[C@H]1c1ccccc1. The number of rotatable bonds is 3. The molecule has 0 aromatic heterocycles. The fourth-order valence-corrected chi connectivity index (χ4v) is 2.88. The molecule has 0 spiro atoms. The van der Waals surface area contributed by atoms with Crippen molar-refractivity contribution in [2.45, 2.75) is 5.92 Å². The number of carbonyl (C=O) groups is 1. The van der Waals surface area contributed by atoms with Crippen LogP contribution in [0.5, 0.6) is 0 Å². The highest BCUT2D eigenvalue weighted by atomic mass is 16.1. The van der Waals surface area contributed by atoms with Gasteiger partial charge in [0.2, 0.25) is 0 Å². The standard InChI is InChI=1S/C17H11N2O/c18-10-17(11-19)14(12-6-2-1-3-7-12)15(17)16(20)13-8-4-5-9-13/h1-9,14-15H/t14-,15+/m1/s1. The van der Waals surface area contributed by atoms with Crippen LogP contribution in [0, 0.1) is 65.6 Å². The number of hydrogen-bond donors (Lipinski definition) is 0. The lowest BCUT2D eigenvalue weighted by Gasteiger charge is -2.05. The van der Waals surface area contributed by atoms with Crippen LogP contribution in [0.3, 0.4) is 0 Å². The molecule has 0 unspecified atom stereocenters. The molecule has 20 heavy (non-hydrogen) atoms. The number of hydrogen-bond acceptors (Lipinski definition) is 3. The highest BCUT2D eigenvalue weighted by Gasteiger charge is 2.71. The van der Waals surface area contributed by atoms with Crippen LogP contribution in [-0.4, -0.2) is 5.78 Å². The van der Waals surface area contributed by atoms with E-state index < -0.39 is 11.3 Å². The smallest absolute Gasteiger partial charge is 0.161 e. The summed E-state index contributed by atoms with van der Waals surface area (Å²) in [5.41, 5.74) is -0.351. The summed E-state index contributed by atoms with van der Waals surface area (Å²) in [4.78, 5) is 12.5. The predicted octanol–water partition coefficient (Wildman–Crippen LogP) is 2.41. The molecule has 2 aliphatic rings. The van der Waals surface area contributed by atoms with Gasteiger partial charge < -0.3 is 0 Å². The Labute approximate surface area is 118 Å². The molecule has 0 amide bonds. The molecule has 3 heteroatoms. The molecular weight excluding hydrogens is 248 g/mol. The number of nitrogens with zero attached hydrogens (tertiary/aromatic N) is 2. The van der Waals surface area contributed by atoms with E-state index in [2.05, 4.69) is 12.1 Å². The van der Waals surface area contributed by atoms with Crippen LogP contribution in [0.15, 0.2) is 30.3 Å². The van der Waals surface area contributed by atoms with Gasteiger partial charge in [-0.15, -0.1) is 0 Å². The largest absolute Gasteiger partial charge is 0.299 e. The predicted molar refractivity (Wildman–Crippen MR) is 71.8 cm³/mol. The van der Waals surface area contributed by atoms with Crippen LogP contribution in [-0.2, 0) is 4.79 Å². The van der Waals surface area contributed by atoms with E-state index in [1.807, 2.05) is 30.3 Å². The Bertz CT molecular complexity index is 588. The fourth-order valence-electron chi connectivity index (χ4n) is 2.88. The summed E-state index contributed by atoms with van der Waals surface area (Å²) < 4.78 is 0. The first-order valence-electron chi connectivity index (χ1n) is 6.38. The van der Waals surface area contributed by atoms with E-state index in [-0.39, 0.29) is 11.7 Å². The second-order valence-corrected chi connectivity index (χ2v) is 5.00. The zero-order chi connectivity index (χ0) is 14.2. The van der Waals surface area contributed by atoms with Gasteiger partial charge in [-0.05, 0) is 31.2 Å². The molecule has 95 valence electrons. The second-order valence-electron chi connectivity index (χ2n) is 5.00. The Hall–Kier alpha value is -2.13. The van der Waals surface area contributed by atoms with E-state index in [1.165, 1.54) is 0 Å². The van der Waals surface area contributed by atoms with Crippen molar-refractivity contribution in [2.24, 2.45) is 11.3 Å². The van der Waals surface area contributed by atoms with Gasteiger partial charge in [0.1, 0.15) is 5.78 Å². The van der Waals surface area contributed by atoms with E-state index in [0.717, 1.165) is 5.56 Å². The van der Waals surface area contributed by atoms with Crippen LogP contribution < -0.4 is 0 Å². The zero-order valence-corrected chi connectivity index (χ0v) is 10.7. The van der Waals surface area contributed by atoms with Crippen LogP contribution in [0.25, 0.3) is 0 Å². The van der Waals surface area contributed by atoms with Crippen molar-refractivity contribution >= 4 is 5.78 Å². The van der Waals surface area contributed by atoms with Gasteiger partial charge in [-0.2, -0.15) is 10.5 Å². The lowest BCUT2D eigenvalue weighted by atomic mass is 9.94. The van der Waals surface area contributed by atoms with Crippen LogP contribution in [0.1, 0.15) is 11.5 Å². The molecule has 0 aliphatic heterocycles. The molecule has 3 rings (SSSR count). The van der Waals surface area contributed by atoms with E-state index in [1.54, 1.807) is 25.7 Å². The summed E-state index contributed by atoms with van der Waals surface area (Å²) >= 11 is 0. The minimum Gasteiger partial charge on any atom is -0.299 e. The highest BCUT2D eigenvalue weighted by Crippen LogP contribution is 2.65. The summed E-state index contributed by atoms with van der Waals surface area (Å²) in [5, 5.41) is 18.8. The maximum Gasteiger partial charge on any atom is 0.161 e. The number of nitriles is 2. The van der Waals surface area contributed by atoms with Gasteiger partial charge in [0.05, 0.1) is 18.1 Å². The van der Waals surface area contributed by atoms with Gasteiger partial charge >= 0.3 is 0 Å². The summed E-state index contributed by atoms with van der Waals surface area (Å²) in [6.45, 7) is 0. The minimum atomic E-state index is -1.23. The third kappa shape index (κ3) is 1.74. The van der Waals surface area contributed by atoms with Crippen molar-refractivity contribution in [2.75, 3.05) is 0 Å². The highest BCUT2D eigenvalue weighted by molar-refractivity contribution is 6.03. The van der Waals surface area contributed by atoms with Gasteiger partial charge in [-0.1, -0.05) is 30.3 Å².